The second kappa shape index (κ2) is 7.43. The van der Waals surface area contributed by atoms with Gasteiger partial charge in [-0.05, 0) is 38.5 Å². The molecule has 1 fully saturated rings. The van der Waals surface area contributed by atoms with E-state index < -0.39 is 5.97 Å². The zero-order valence-electron chi connectivity index (χ0n) is 12.6. The molecule has 1 aromatic carbocycles. The van der Waals surface area contributed by atoms with Crippen LogP contribution in [0.25, 0.3) is 0 Å². The highest BCUT2D eigenvalue weighted by Crippen LogP contribution is 2.15. The SMILES string of the molecule is CC1CN(CCCOc2cccc(C(=O)O)c2)C(C)CO1. The number of morpholine rings is 1. The lowest BCUT2D eigenvalue weighted by Gasteiger charge is -2.36. The van der Waals surface area contributed by atoms with E-state index in [1.165, 1.54) is 0 Å². The third-order valence-corrected chi connectivity index (χ3v) is 3.68. The Balaban J connectivity index is 1.74. The number of benzene rings is 1. The molecule has 116 valence electrons. The number of rotatable bonds is 6. The van der Waals surface area contributed by atoms with Crippen molar-refractivity contribution in [3.05, 3.63) is 29.8 Å². The molecule has 1 aromatic rings. The normalized spacial score (nSPS) is 23.0. The fourth-order valence-corrected chi connectivity index (χ4v) is 2.46. The smallest absolute Gasteiger partial charge is 0.335 e. The number of carbonyl (C=O) groups is 1. The minimum absolute atomic E-state index is 0.253. The summed E-state index contributed by atoms with van der Waals surface area (Å²) in [5.74, 6) is -0.324. The molecule has 5 nitrogen and oxygen atoms in total. The number of carboxylic acid groups (broad SMARTS) is 1. The molecule has 2 unspecified atom stereocenters. The maximum Gasteiger partial charge on any atom is 0.335 e. The predicted octanol–water partition coefficient (Wildman–Crippen LogP) is 2.26. The summed E-state index contributed by atoms with van der Waals surface area (Å²) in [6, 6.07) is 7.04. The minimum atomic E-state index is -0.934. The Kier molecular flexibility index (Phi) is 5.59. The zero-order valence-corrected chi connectivity index (χ0v) is 12.6. The standard InChI is InChI=1S/C16H23NO4/c1-12-11-21-13(2)10-17(12)7-4-8-20-15-6-3-5-14(9-15)16(18)19/h3,5-6,9,12-13H,4,7-8,10-11H2,1-2H3,(H,18,19). The van der Waals surface area contributed by atoms with Crippen molar-refractivity contribution in [2.45, 2.75) is 32.4 Å². The van der Waals surface area contributed by atoms with Crippen molar-refractivity contribution in [2.75, 3.05) is 26.3 Å². The molecule has 0 amide bonds. The summed E-state index contributed by atoms with van der Waals surface area (Å²) in [6.07, 6.45) is 1.20. The molecule has 0 radical (unpaired) electrons. The molecule has 2 rings (SSSR count). The summed E-state index contributed by atoms with van der Waals surface area (Å²) in [4.78, 5) is 13.3. The number of hydrogen-bond acceptors (Lipinski definition) is 4. The molecule has 1 aliphatic heterocycles. The zero-order chi connectivity index (χ0) is 15.2. The highest BCUT2D eigenvalue weighted by atomic mass is 16.5. The summed E-state index contributed by atoms with van der Waals surface area (Å²) in [5.41, 5.74) is 0.253. The minimum Gasteiger partial charge on any atom is -0.494 e. The van der Waals surface area contributed by atoms with Crippen LogP contribution in [0.2, 0.25) is 0 Å². The first-order valence-electron chi connectivity index (χ1n) is 7.38. The van der Waals surface area contributed by atoms with Gasteiger partial charge in [0.2, 0.25) is 0 Å². The van der Waals surface area contributed by atoms with E-state index in [4.69, 9.17) is 14.6 Å². The lowest BCUT2D eigenvalue weighted by Crippen LogP contribution is -2.47. The Bertz CT molecular complexity index is 477. The topological polar surface area (TPSA) is 59.0 Å². The monoisotopic (exact) mass is 293 g/mol. The molecule has 1 N–H and O–H groups in total. The molecule has 1 heterocycles. The highest BCUT2D eigenvalue weighted by Gasteiger charge is 2.22. The second-order valence-corrected chi connectivity index (χ2v) is 5.52. The van der Waals surface area contributed by atoms with Crippen molar-refractivity contribution in [1.29, 1.82) is 0 Å². The van der Waals surface area contributed by atoms with E-state index in [0.29, 0.717) is 18.4 Å². The van der Waals surface area contributed by atoms with Gasteiger partial charge in [0.25, 0.3) is 0 Å². The van der Waals surface area contributed by atoms with Gasteiger partial charge < -0.3 is 14.6 Å². The largest absolute Gasteiger partial charge is 0.494 e. The van der Waals surface area contributed by atoms with Gasteiger partial charge in [-0.3, -0.25) is 4.90 Å². The molecule has 0 spiro atoms. The number of aromatic carboxylic acids is 1. The molecule has 0 bridgehead atoms. The van der Waals surface area contributed by atoms with Gasteiger partial charge in [0.05, 0.1) is 24.9 Å². The van der Waals surface area contributed by atoms with Crippen LogP contribution in [0.5, 0.6) is 5.75 Å². The van der Waals surface area contributed by atoms with E-state index in [1.54, 1.807) is 24.3 Å². The Hall–Kier alpha value is -1.59. The summed E-state index contributed by atoms with van der Waals surface area (Å²) in [6.45, 7) is 7.54. The fourth-order valence-electron chi connectivity index (χ4n) is 2.46. The molecule has 0 aromatic heterocycles. The van der Waals surface area contributed by atoms with Gasteiger partial charge >= 0.3 is 5.97 Å². The molecule has 0 saturated carbocycles. The molecule has 1 aliphatic rings. The Morgan fingerprint density at radius 3 is 3.05 bits per heavy atom. The molecule has 5 heteroatoms. The van der Waals surface area contributed by atoms with Gasteiger partial charge in [0.1, 0.15) is 5.75 Å². The Labute approximate surface area is 125 Å². The predicted molar refractivity (Wildman–Crippen MR) is 80.0 cm³/mol. The van der Waals surface area contributed by atoms with E-state index in [0.717, 1.165) is 26.1 Å². The van der Waals surface area contributed by atoms with Crippen LogP contribution in [0, 0.1) is 0 Å². The van der Waals surface area contributed by atoms with Gasteiger partial charge in [-0.2, -0.15) is 0 Å². The summed E-state index contributed by atoms with van der Waals surface area (Å²) >= 11 is 0. The van der Waals surface area contributed by atoms with Crippen LogP contribution in [0.4, 0.5) is 0 Å². The summed E-state index contributed by atoms with van der Waals surface area (Å²) < 4.78 is 11.2. The number of carboxylic acids is 1. The number of ether oxygens (including phenoxy) is 2. The van der Waals surface area contributed by atoms with Crippen molar-refractivity contribution in [1.82, 2.24) is 4.90 Å². The average molecular weight is 293 g/mol. The fraction of sp³-hybridized carbons (Fsp3) is 0.562. The number of nitrogens with zero attached hydrogens (tertiary/aromatic N) is 1. The van der Waals surface area contributed by atoms with Crippen LogP contribution >= 0.6 is 0 Å². The third kappa shape index (κ3) is 4.72. The van der Waals surface area contributed by atoms with Crippen molar-refractivity contribution < 1.29 is 19.4 Å². The lowest BCUT2D eigenvalue weighted by molar-refractivity contribution is -0.0502. The van der Waals surface area contributed by atoms with E-state index in [1.807, 2.05) is 0 Å². The number of hydrogen-bond donors (Lipinski definition) is 1. The third-order valence-electron chi connectivity index (χ3n) is 3.68. The van der Waals surface area contributed by atoms with Crippen molar-refractivity contribution in [3.63, 3.8) is 0 Å². The Morgan fingerprint density at radius 2 is 2.29 bits per heavy atom. The van der Waals surface area contributed by atoms with Crippen LogP contribution < -0.4 is 4.74 Å². The van der Waals surface area contributed by atoms with Crippen LogP contribution in [0.3, 0.4) is 0 Å². The van der Waals surface area contributed by atoms with E-state index in [-0.39, 0.29) is 11.7 Å². The van der Waals surface area contributed by atoms with Gasteiger partial charge in [0.15, 0.2) is 0 Å². The van der Waals surface area contributed by atoms with Crippen LogP contribution in [0.1, 0.15) is 30.6 Å². The van der Waals surface area contributed by atoms with Crippen LogP contribution in [0.15, 0.2) is 24.3 Å². The van der Waals surface area contributed by atoms with E-state index >= 15 is 0 Å². The highest BCUT2D eigenvalue weighted by molar-refractivity contribution is 5.87. The molecular weight excluding hydrogens is 270 g/mol. The molecule has 1 saturated heterocycles. The maximum absolute atomic E-state index is 10.9. The molecule has 2 atom stereocenters. The van der Waals surface area contributed by atoms with Gasteiger partial charge in [-0.1, -0.05) is 6.07 Å². The van der Waals surface area contributed by atoms with Crippen molar-refractivity contribution >= 4 is 5.97 Å². The van der Waals surface area contributed by atoms with Crippen LogP contribution in [-0.4, -0.2) is 54.4 Å². The maximum atomic E-state index is 10.9. The van der Waals surface area contributed by atoms with Gasteiger partial charge in [0, 0.05) is 19.1 Å². The second-order valence-electron chi connectivity index (χ2n) is 5.52. The first kappa shape index (κ1) is 15.8. The van der Waals surface area contributed by atoms with E-state index in [9.17, 15) is 4.79 Å². The first-order chi connectivity index (χ1) is 10.1. The molecular formula is C16H23NO4. The summed E-state index contributed by atoms with van der Waals surface area (Å²) in [7, 11) is 0. The van der Waals surface area contributed by atoms with Crippen molar-refractivity contribution in [2.24, 2.45) is 0 Å². The summed E-state index contributed by atoms with van der Waals surface area (Å²) in [5, 5.41) is 8.93. The van der Waals surface area contributed by atoms with Crippen LogP contribution in [-0.2, 0) is 4.74 Å². The lowest BCUT2D eigenvalue weighted by atomic mass is 10.2. The van der Waals surface area contributed by atoms with E-state index in [2.05, 4.69) is 18.7 Å². The van der Waals surface area contributed by atoms with Gasteiger partial charge in [-0.25, -0.2) is 4.79 Å². The quantitative estimate of drug-likeness (QED) is 0.815. The Morgan fingerprint density at radius 1 is 1.48 bits per heavy atom. The average Bonchev–Trinajstić information content (AvgIpc) is 2.47. The molecule has 21 heavy (non-hydrogen) atoms. The molecule has 0 aliphatic carbocycles. The van der Waals surface area contributed by atoms with Crippen molar-refractivity contribution in [3.8, 4) is 5.75 Å². The van der Waals surface area contributed by atoms with Gasteiger partial charge in [-0.15, -0.1) is 0 Å². The first-order valence-corrected chi connectivity index (χ1v) is 7.38.